The van der Waals surface area contributed by atoms with Gasteiger partial charge in [0.15, 0.2) is 0 Å². The molecule has 0 aliphatic rings. The van der Waals surface area contributed by atoms with Crippen LogP contribution in [0.2, 0.25) is 0 Å². The highest BCUT2D eigenvalue weighted by Gasteiger charge is 2.33. The van der Waals surface area contributed by atoms with Crippen molar-refractivity contribution in [2.75, 3.05) is 17.9 Å². The van der Waals surface area contributed by atoms with Gasteiger partial charge >= 0.3 is 6.18 Å². The van der Waals surface area contributed by atoms with Gasteiger partial charge < -0.3 is 4.90 Å². The molecule has 3 aromatic rings. The highest BCUT2D eigenvalue weighted by Crippen LogP contribution is 2.33. The van der Waals surface area contributed by atoms with Crippen LogP contribution in [-0.2, 0) is 27.5 Å². The fourth-order valence-corrected chi connectivity index (χ4v) is 4.49. The van der Waals surface area contributed by atoms with Crippen molar-refractivity contribution in [3.05, 3.63) is 96.1 Å². The first-order chi connectivity index (χ1) is 15.1. The van der Waals surface area contributed by atoms with Gasteiger partial charge in [-0.15, -0.1) is 0 Å². The van der Waals surface area contributed by atoms with Crippen LogP contribution in [0.25, 0.3) is 0 Å². The molecule has 0 aliphatic carbocycles. The largest absolute Gasteiger partial charge is 0.416 e. The van der Waals surface area contributed by atoms with Crippen molar-refractivity contribution in [1.29, 1.82) is 0 Å². The molecule has 0 heterocycles. The Hall–Kier alpha value is -3.33. The summed E-state index contributed by atoms with van der Waals surface area (Å²) >= 11 is 0. The Labute approximate surface area is 184 Å². The highest BCUT2D eigenvalue weighted by molar-refractivity contribution is 7.92. The van der Waals surface area contributed by atoms with Crippen molar-refractivity contribution in [2.45, 2.75) is 17.6 Å². The van der Waals surface area contributed by atoms with Gasteiger partial charge in [-0.2, -0.15) is 13.2 Å². The third-order valence-electron chi connectivity index (χ3n) is 4.76. The average molecular weight is 462 g/mol. The molecule has 0 bridgehead atoms. The van der Waals surface area contributed by atoms with Crippen LogP contribution < -0.4 is 4.31 Å². The van der Waals surface area contributed by atoms with Crippen molar-refractivity contribution in [2.24, 2.45) is 0 Å². The summed E-state index contributed by atoms with van der Waals surface area (Å²) in [5, 5.41) is 0. The van der Waals surface area contributed by atoms with Gasteiger partial charge in [0.25, 0.3) is 10.0 Å². The molecule has 168 valence electrons. The second-order valence-electron chi connectivity index (χ2n) is 7.11. The first-order valence-corrected chi connectivity index (χ1v) is 11.1. The number of carbonyl (C=O) groups is 1. The lowest BCUT2D eigenvalue weighted by Gasteiger charge is -2.27. The van der Waals surface area contributed by atoms with Crippen LogP contribution in [-0.4, -0.2) is 32.8 Å². The van der Waals surface area contributed by atoms with E-state index in [1.165, 1.54) is 42.3 Å². The lowest BCUT2D eigenvalue weighted by molar-refractivity contribution is -0.137. The molecule has 0 saturated heterocycles. The molecular weight excluding hydrogens is 441 g/mol. The number of halogens is 3. The zero-order valence-electron chi connectivity index (χ0n) is 17.2. The van der Waals surface area contributed by atoms with E-state index in [0.29, 0.717) is 4.31 Å². The molecule has 3 rings (SSSR count). The minimum atomic E-state index is -4.66. The zero-order valence-corrected chi connectivity index (χ0v) is 18.0. The summed E-state index contributed by atoms with van der Waals surface area (Å²) in [5.74, 6) is -0.564. The fraction of sp³-hybridized carbons (Fsp3) is 0.174. The SMILES string of the molecule is CN(Cc1ccccc1)C(=O)CN(c1cccc(C(F)(F)F)c1)S(=O)(=O)c1ccccc1. The summed E-state index contributed by atoms with van der Waals surface area (Å²) in [6.45, 7) is -0.427. The van der Waals surface area contributed by atoms with Gasteiger partial charge in [0.1, 0.15) is 6.54 Å². The van der Waals surface area contributed by atoms with E-state index in [-0.39, 0.29) is 17.1 Å². The maximum Gasteiger partial charge on any atom is 0.416 e. The predicted molar refractivity (Wildman–Crippen MR) is 115 cm³/mol. The quantitative estimate of drug-likeness (QED) is 0.517. The Morgan fingerprint density at radius 1 is 0.875 bits per heavy atom. The third kappa shape index (κ3) is 5.47. The summed E-state index contributed by atoms with van der Waals surface area (Å²) in [6, 6.07) is 20.3. The van der Waals surface area contributed by atoms with Crippen molar-refractivity contribution < 1.29 is 26.4 Å². The molecule has 0 fully saturated rings. The Morgan fingerprint density at radius 3 is 2.06 bits per heavy atom. The first-order valence-electron chi connectivity index (χ1n) is 9.62. The number of nitrogens with zero attached hydrogens (tertiary/aromatic N) is 2. The Morgan fingerprint density at radius 2 is 1.47 bits per heavy atom. The van der Waals surface area contributed by atoms with Crippen molar-refractivity contribution >= 4 is 21.6 Å². The van der Waals surface area contributed by atoms with Gasteiger partial charge in [0, 0.05) is 13.6 Å². The third-order valence-corrected chi connectivity index (χ3v) is 6.55. The minimum absolute atomic E-state index is 0.129. The number of amides is 1. The summed E-state index contributed by atoms with van der Waals surface area (Å²) in [6.07, 6.45) is -4.66. The molecule has 0 atom stereocenters. The van der Waals surface area contributed by atoms with E-state index in [4.69, 9.17) is 0 Å². The summed E-state index contributed by atoms with van der Waals surface area (Å²) in [7, 11) is -2.79. The molecule has 3 aromatic carbocycles. The van der Waals surface area contributed by atoms with Crippen molar-refractivity contribution in [3.63, 3.8) is 0 Å². The van der Waals surface area contributed by atoms with Crippen LogP contribution >= 0.6 is 0 Å². The fourth-order valence-electron chi connectivity index (χ4n) is 3.06. The topological polar surface area (TPSA) is 57.7 Å². The number of alkyl halides is 3. The lowest BCUT2D eigenvalue weighted by Crippen LogP contribution is -2.41. The number of sulfonamides is 1. The van der Waals surface area contributed by atoms with Crippen LogP contribution in [0.15, 0.2) is 89.8 Å². The second kappa shape index (κ2) is 9.44. The molecule has 0 spiro atoms. The molecule has 32 heavy (non-hydrogen) atoms. The van der Waals surface area contributed by atoms with E-state index in [0.717, 1.165) is 23.8 Å². The summed E-state index contributed by atoms with van der Waals surface area (Å²) < 4.78 is 67.0. The van der Waals surface area contributed by atoms with E-state index in [1.54, 1.807) is 6.07 Å². The first kappa shape index (κ1) is 23.3. The van der Waals surface area contributed by atoms with Crippen LogP contribution in [0, 0.1) is 0 Å². The van der Waals surface area contributed by atoms with Crippen molar-refractivity contribution in [1.82, 2.24) is 4.90 Å². The van der Waals surface area contributed by atoms with E-state index < -0.39 is 34.2 Å². The second-order valence-corrected chi connectivity index (χ2v) is 8.97. The molecular formula is C23H21F3N2O3S. The number of rotatable bonds is 7. The number of hydrogen-bond donors (Lipinski definition) is 0. The van der Waals surface area contributed by atoms with E-state index >= 15 is 0 Å². The smallest absolute Gasteiger partial charge is 0.340 e. The normalized spacial score (nSPS) is 11.8. The van der Waals surface area contributed by atoms with Crippen LogP contribution in [0.3, 0.4) is 0 Å². The van der Waals surface area contributed by atoms with Crippen LogP contribution in [0.4, 0.5) is 18.9 Å². The van der Waals surface area contributed by atoms with E-state index in [9.17, 15) is 26.4 Å². The molecule has 0 aromatic heterocycles. The number of benzene rings is 3. The molecule has 0 unspecified atom stereocenters. The average Bonchev–Trinajstić information content (AvgIpc) is 2.78. The highest BCUT2D eigenvalue weighted by atomic mass is 32.2. The van der Waals surface area contributed by atoms with Crippen molar-refractivity contribution in [3.8, 4) is 0 Å². The van der Waals surface area contributed by atoms with Gasteiger partial charge in [-0.3, -0.25) is 9.10 Å². The van der Waals surface area contributed by atoms with Gasteiger partial charge in [-0.25, -0.2) is 8.42 Å². The number of likely N-dealkylation sites (N-methyl/N-ethyl adjacent to an activating group) is 1. The van der Waals surface area contributed by atoms with Gasteiger partial charge in [0.05, 0.1) is 16.1 Å². The number of carbonyl (C=O) groups excluding carboxylic acids is 1. The zero-order chi connectivity index (χ0) is 23.4. The lowest BCUT2D eigenvalue weighted by atomic mass is 10.2. The molecule has 5 nitrogen and oxygen atoms in total. The Bertz CT molecular complexity index is 1170. The predicted octanol–water partition coefficient (Wildman–Crippen LogP) is 4.56. The van der Waals surface area contributed by atoms with Crippen LogP contribution in [0.1, 0.15) is 11.1 Å². The van der Waals surface area contributed by atoms with E-state index in [1.807, 2.05) is 30.3 Å². The van der Waals surface area contributed by atoms with Crippen LogP contribution in [0.5, 0.6) is 0 Å². The Balaban J connectivity index is 1.97. The monoisotopic (exact) mass is 462 g/mol. The molecule has 0 aliphatic heterocycles. The Kier molecular flexibility index (Phi) is 6.88. The maximum absolute atomic E-state index is 13.3. The minimum Gasteiger partial charge on any atom is -0.340 e. The molecule has 0 N–H and O–H groups in total. The van der Waals surface area contributed by atoms with Gasteiger partial charge in [0.2, 0.25) is 5.91 Å². The molecule has 1 amide bonds. The number of anilines is 1. The molecule has 0 radical (unpaired) electrons. The van der Waals surface area contributed by atoms with Gasteiger partial charge in [-0.05, 0) is 35.9 Å². The summed E-state index contributed by atoms with van der Waals surface area (Å²) in [5.41, 5.74) is -0.418. The number of hydrogen-bond acceptors (Lipinski definition) is 3. The van der Waals surface area contributed by atoms with Gasteiger partial charge in [-0.1, -0.05) is 54.6 Å². The van der Waals surface area contributed by atoms with E-state index in [2.05, 4.69) is 0 Å². The molecule has 9 heteroatoms. The maximum atomic E-state index is 13.3. The standard InChI is InChI=1S/C23H21F3N2O3S/c1-27(16-18-9-4-2-5-10-18)22(29)17-28(32(30,31)21-13-6-3-7-14-21)20-12-8-11-19(15-20)23(24,25)26/h2-15H,16-17H2,1H3. The molecule has 0 saturated carbocycles. The summed E-state index contributed by atoms with van der Waals surface area (Å²) in [4.78, 5) is 14.1.